The summed E-state index contributed by atoms with van der Waals surface area (Å²) in [5, 5.41) is 2.92. The van der Waals surface area contributed by atoms with Crippen molar-refractivity contribution in [3.8, 4) is 5.75 Å². The maximum atomic E-state index is 12.3. The van der Waals surface area contributed by atoms with E-state index in [1.54, 1.807) is 11.9 Å². The number of aryl methyl sites for hydroxylation is 1. The number of nitrogens with one attached hydrogen (secondary N) is 1. The topological polar surface area (TPSA) is 67.9 Å². The minimum Gasteiger partial charge on any atom is -0.444 e. The molecule has 0 fully saturated rings. The third-order valence-electron chi connectivity index (χ3n) is 4.75. The fourth-order valence-corrected chi connectivity index (χ4v) is 3.29. The lowest BCUT2D eigenvalue weighted by Gasteiger charge is -2.22. The highest BCUT2D eigenvalue weighted by Gasteiger charge is 2.27. The van der Waals surface area contributed by atoms with Crippen molar-refractivity contribution in [2.45, 2.75) is 77.9 Å². The smallest absolute Gasteiger partial charge is 0.414 e. The standard InChI is InChI=1S/C22H34N2O4/c1-6-7-8-9-14-24(5)21(26)27-17-12-10-16-11-13-19(18(16)15-17)23-20(25)28-22(2,3)4/h10,12,15,19H,6-9,11,13-14H2,1-5H3,(H,23,25). The monoisotopic (exact) mass is 390 g/mol. The van der Waals surface area contributed by atoms with Crippen molar-refractivity contribution in [3.63, 3.8) is 0 Å². The molecule has 1 aliphatic carbocycles. The van der Waals surface area contributed by atoms with Crippen LogP contribution in [-0.2, 0) is 11.2 Å². The Balaban J connectivity index is 1.94. The van der Waals surface area contributed by atoms with Crippen LogP contribution in [0.3, 0.4) is 0 Å². The van der Waals surface area contributed by atoms with Crippen LogP contribution < -0.4 is 10.1 Å². The molecule has 6 nitrogen and oxygen atoms in total. The van der Waals surface area contributed by atoms with E-state index in [0.717, 1.165) is 36.8 Å². The molecule has 0 bridgehead atoms. The molecule has 156 valence electrons. The summed E-state index contributed by atoms with van der Waals surface area (Å²) in [5.74, 6) is 0.502. The number of hydrogen-bond acceptors (Lipinski definition) is 4. The molecule has 2 rings (SSSR count). The molecule has 2 amide bonds. The van der Waals surface area contributed by atoms with Crippen LogP contribution in [-0.4, -0.2) is 36.3 Å². The van der Waals surface area contributed by atoms with E-state index in [1.807, 2.05) is 39.0 Å². The van der Waals surface area contributed by atoms with E-state index >= 15 is 0 Å². The molecule has 0 saturated carbocycles. The van der Waals surface area contributed by atoms with Crippen molar-refractivity contribution in [1.82, 2.24) is 10.2 Å². The number of carbonyl (C=O) groups excluding carboxylic acids is 2. The third kappa shape index (κ3) is 6.73. The fraction of sp³-hybridized carbons (Fsp3) is 0.636. The number of benzene rings is 1. The van der Waals surface area contributed by atoms with Gasteiger partial charge in [0.2, 0.25) is 0 Å². The Morgan fingerprint density at radius 3 is 2.64 bits per heavy atom. The van der Waals surface area contributed by atoms with Crippen molar-refractivity contribution in [3.05, 3.63) is 29.3 Å². The van der Waals surface area contributed by atoms with Crippen LogP contribution in [0.25, 0.3) is 0 Å². The largest absolute Gasteiger partial charge is 0.444 e. The average molecular weight is 391 g/mol. The highest BCUT2D eigenvalue weighted by Crippen LogP contribution is 2.34. The first kappa shape index (κ1) is 22.1. The van der Waals surface area contributed by atoms with E-state index in [-0.39, 0.29) is 12.1 Å². The molecule has 6 heteroatoms. The van der Waals surface area contributed by atoms with Crippen LogP contribution in [0.5, 0.6) is 5.75 Å². The van der Waals surface area contributed by atoms with Gasteiger partial charge in [0.05, 0.1) is 6.04 Å². The van der Waals surface area contributed by atoms with E-state index in [1.165, 1.54) is 12.8 Å². The summed E-state index contributed by atoms with van der Waals surface area (Å²) in [6, 6.07) is 5.51. The average Bonchev–Trinajstić information content (AvgIpc) is 2.99. The number of ether oxygens (including phenoxy) is 2. The second-order valence-electron chi connectivity index (χ2n) is 8.45. The molecule has 0 spiro atoms. The molecular weight excluding hydrogens is 356 g/mol. The van der Waals surface area contributed by atoms with Crippen LogP contribution in [0.1, 0.15) is 77.0 Å². The first-order chi connectivity index (χ1) is 13.2. The van der Waals surface area contributed by atoms with E-state index in [4.69, 9.17) is 9.47 Å². The number of fused-ring (bicyclic) bond motifs is 1. The van der Waals surface area contributed by atoms with Gasteiger partial charge in [-0.15, -0.1) is 0 Å². The zero-order chi connectivity index (χ0) is 20.7. The minimum absolute atomic E-state index is 0.129. The predicted molar refractivity (Wildman–Crippen MR) is 110 cm³/mol. The maximum Gasteiger partial charge on any atom is 0.414 e. The Hall–Kier alpha value is -2.24. The van der Waals surface area contributed by atoms with Crippen LogP contribution >= 0.6 is 0 Å². The number of hydrogen-bond donors (Lipinski definition) is 1. The first-order valence-electron chi connectivity index (χ1n) is 10.2. The second kappa shape index (κ2) is 9.80. The van der Waals surface area contributed by atoms with Gasteiger partial charge in [-0.2, -0.15) is 0 Å². The van der Waals surface area contributed by atoms with Gasteiger partial charge in [0.1, 0.15) is 11.4 Å². The zero-order valence-corrected chi connectivity index (χ0v) is 17.8. The molecule has 28 heavy (non-hydrogen) atoms. The lowest BCUT2D eigenvalue weighted by atomic mass is 10.1. The predicted octanol–water partition coefficient (Wildman–Crippen LogP) is 5.21. The minimum atomic E-state index is -0.537. The quantitative estimate of drug-likeness (QED) is 0.649. The van der Waals surface area contributed by atoms with Crippen LogP contribution in [0.15, 0.2) is 18.2 Å². The highest BCUT2D eigenvalue weighted by molar-refractivity contribution is 5.71. The van der Waals surface area contributed by atoms with Crippen molar-refractivity contribution < 1.29 is 19.1 Å². The van der Waals surface area contributed by atoms with Gasteiger partial charge < -0.3 is 19.7 Å². The van der Waals surface area contributed by atoms with Crippen molar-refractivity contribution in [1.29, 1.82) is 0 Å². The fourth-order valence-electron chi connectivity index (χ4n) is 3.29. The van der Waals surface area contributed by atoms with Crippen LogP contribution in [0, 0.1) is 0 Å². The molecule has 0 aromatic heterocycles. The number of unbranched alkanes of at least 4 members (excludes halogenated alkanes) is 3. The molecular formula is C22H34N2O4. The Morgan fingerprint density at radius 2 is 1.96 bits per heavy atom. The van der Waals surface area contributed by atoms with Gasteiger partial charge in [-0.25, -0.2) is 9.59 Å². The molecule has 0 saturated heterocycles. The maximum absolute atomic E-state index is 12.3. The summed E-state index contributed by atoms with van der Waals surface area (Å²) in [6.45, 7) is 8.37. The SMILES string of the molecule is CCCCCCN(C)C(=O)Oc1ccc2c(c1)C(NC(=O)OC(C)(C)C)CC2. The molecule has 1 unspecified atom stereocenters. The van der Waals surface area contributed by atoms with E-state index in [9.17, 15) is 9.59 Å². The van der Waals surface area contributed by atoms with Gasteiger partial charge in [-0.05, 0) is 63.3 Å². The summed E-state index contributed by atoms with van der Waals surface area (Å²) in [7, 11) is 1.76. The van der Waals surface area contributed by atoms with Gasteiger partial charge in [-0.1, -0.05) is 32.3 Å². The molecule has 0 heterocycles. The lowest BCUT2D eigenvalue weighted by molar-refractivity contribution is 0.0503. The van der Waals surface area contributed by atoms with Gasteiger partial charge in [0.25, 0.3) is 0 Å². The molecule has 1 N–H and O–H groups in total. The first-order valence-corrected chi connectivity index (χ1v) is 10.2. The Labute approximate surface area is 168 Å². The Bertz CT molecular complexity index is 682. The summed E-state index contributed by atoms with van der Waals surface area (Å²) in [6.07, 6.45) is 5.34. The van der Waals surface area contributed by atoms with Gasteiger partial charge in [0, 0.05) is 13.6 Å². The van der Waals surface area contributed by atoms with Crippen molar-refractivity contribution in [2.75, 3.05) is 13.6 Å². The summed E-state index contributed by atoms with van der Waals surface area (Å²) < 4.78 is 10.9. The van der Waals surface area contributed by atoms with Crippen LogP contribution in [0.4, 0.5) is 9.59 Å². The van der Waals surface area contributed by atoms with E-state index in [0.29, 0.717) is 12.3 Å². The lowest BCUT2D eigenvalue weighted by Crippen LogP contribution is -2.34. The number of nitrogens with zero attached hydrogens (tertiary/aromatic N) is 1. The molecule has 1 aromatic carbocycles. The highest BCUT2D eigenvalue weighted by atomic mass is 16.6. The number of carbonyl (C=O) groups is 2. The summed E-state index contributed by atoms with van der Waals surface area (Å²) in [4.78, 5) is 26.0. The van der Waals surface area contributed by atoms with Crippen LogP contribution in [0.2, 0.25) is 0 Å². The van der Waals surface area contributed by atoms with Crippen molar-refractivity contribution in [2.24, 2.45) is 0 Å². The zero-order valence-electron chi connectivity index (χ0n) is 17.8. The Kier molecular flexibility index (Phi) is 7.72. The number of alkyl carbamates (subject to hydrolysis) is 1. The summed E-state index contributed by atoms with van der Waals surface area (Å²) in [5.41, 5.74) is 1.61. The van der Waals surface area contributed by atoms with Gasteiger partial charge >= 0.3 is 12.2 Å². The van der Waals surface area contributed by atoms with Crippen molar-refractivity contribution >= 4 is 12.2 Å². The second-order valence-corrected chi connectivity index (χ2v) is 8.45. The molecule has 0 radical (unpaired) electrons. The van der Waals surface area contributed by atoms with Gasteiger partial charge in [0.15, 0.2) is 0 Å². The number of rotatable bonds is 7. The number of amides is 2. The Morgan fingerprint density at radius 1 is 1.21 bits per heavy atom. The molecule has 1 aromatic rings. The van der Waals surface area contributed by atoms with E-state index in [2.05, 4.69) is 12.2 Å². The third-order valence-corrected chi connectivity index (χ3v) is 4.75. The molecule has 0 aliphatic heterocycles. The summed E-state index contributed by atoms with van der Waals surface area (Å²) >= 11 is 0. The normalized spacial score (nSPS) is 15.7. The van der Waals surface area contributed by atoms with E-state index < -0.39 is 11.7 Å². The molecule has 1 atom stereocenters. The van der Waals surface area contributed by atoms with Gasteiger partial charge in [-0.3, -0.25) is 0 Å². The molecule has 1 aliphatic rings.